The molecule has 3 heteroatoms. The first-order valence-corrected chi connectivity index (χ1v) is 4.67. The van der Waals surface area contributed by atoms with Crippen molar-refractivity contribution in [1.29, 1.82) is 0 Å². The number of benzene rings is 1. The van der Waals surface area contributed by atoms with Gasteiger partial charge in [0.1, 0.15) is 6.04 Å². The lowest BCUT2D eigenvalue weighted by Crippen LogP contribution is -2.36. The lowest BCUT2D eigenvalue weighted by atomic mass is 10.2. The fourth-order valence-electron chi connectivity index (χ4n) is 1.13. The van der Waals surface area contributed by atoms with Gasteiger partial charge in [-0.1, -0.05) is 24.1 Å². The first-order chi connectivity index (χ1) is 7.27. The number of hydrogen-bond acceptors (Lipinski definition) is 2. The summed E-state index contributed by atoms with van der Waals surface area (Å²) in [6.45, 7) is 1.48. The second kappa shape index (κ2) is 5.84. The minimum atomic E-state index is -0.497. The highest BCUT2D eigenvalue weighted by Crippen LogP contribution is 1.98. The van der Waals surface area contributed by atoms with Crippen molar-refractivity contribution in [1.82, 2.24) is 5.32 Å². The van der Waals surface area contributed by atoms with Crippen molar-refractivity contribution in [3.63, 3.8) is 0 Å². The van der Waals surface area contributed by atoms with Gasteiger partial charge >= 0.3 is 0 Å². The van der Waals surface area contributed by atoms with Crippen LogP contribution in [0.1, 0.15) is 17.3 Å². The van der Waals surface area contributed by atoms with Gasteiger partial charge in [0.05, 0.1) is 6.61 Å². The summed E-state index contributed by atoms with van der Waals surface area (Å²) in [6, 6.07) is 8.34. The van der Waals surface area contributed by atoms with E-state index in [1.54, 1.807) is 31.2 Å². The molecule has 1 rings (SSSR count). The first-order valence-electron chi connectivity index (χ1n) is 4.67. The van der Waals surface area contributed by atoms with Gasteiger partial charge in [-0.15, -0.1) is 5.92 Å². The average molecular weight is 203 g/mol. The Labute approximate surface area is 89.1 Å². The Morgan fingerprint density at radius 2 is 2.13 bits per heavy atom. The second-order valence-electron chi connectivity index (χ2n) is 2.97. The lowest BCUT2D eigenvalue weighted by Gasteiger charge is -2.09. The molecule has 15 heavy (non-hydrogen) atoms. The van der Waals surface area contributed by atoms with Gasteiger partial charge in [-0.05, 0) is 19.1 Å². The van der Waals surface area contributed by atoms with Gasteiger partial charge in [-0.3, -0.25) is 4.79 Å². The van der Waals surface area contributed by atoms with Crippen LogP contribution < -0.4 is 5.32 Å². The summed E-state index contributed by atoms with van der Waals surface area (Å²) in [7, 11) is 0. The van der Waals surface area contributed by atoms with E-state index in [9.17, 15) is 4.79 Å². The molecule has 0 saturated heterocycles. The Morgan fingerprint density at radius 3 is 2.67 bits per heavy atom. The number of rotatable bonds is 3. The van der Waals surface area contributed by atoms with Gasteiger partial charge in [0.2, 0.25) is 0 Å². The molecule has 0 aliphatic heterocycles. The summed E-state index contributed by atoms with van der Waals surface area (Å²) in [6.07, 6.45) is 0. The van der Waals surface area contributed by atoms with Crippen molar-refractivity contribution < 1.29 is 9.90 Å². The van der Waals surface area contributed by atoms with Crippen LogP contribution in [0.5, 0.6) is 0 Å². The fraction of sp³-hybridized carbons (Fsp3) is 0.250. The Hall–Kier alpha value is -1.79. The topological polar surface area (TPSA) is 49.3 Å². The zero-order chi connectivity index (χ0) is 11.1. The van der Waals surface area contributed by atoms with E-state index in [0.717, 1.165) is 0 Å². The Kier molecular flexibility index (Phi) is 4.39. The third kappa shape index (κ3) is 3.45. The fourth-order valence-corrected chi connectivity index (χ4v) is 1.13. The molecule has 0 heterocycles. The summed E-state index contributed by atoms with van der Waals surface area (Å²) < 4.78 is 0. The molecule has 0 aliphatic carbocycles. The maximum absolute atomic E-state index is 11.6. The van der Waals surface area contributed by atoms with Crippen LogP contribution in [0.4, 0.5) is 0 Å². The molecule has 0 fully saturated rings. The summed E-state index contributed by atoms with van der Waals surface area (Å²) in [5.41, 5.74) is 0.564. The van der Waals surface area contributed by atoms with Crippen molar-refractivity contribution in [2.45, 2.75) is 13.0 Å². The molecule has 1 amide bonds. The molecule has 0 radical (unpaired) electrons. The normalized spacial score (nSPS) is 11.1. The molecule has 1 aromatic carbocycles. The highest BCUT2D eigenvalue weighted by Gasteiger charge is 2.09. The van der Waals surface area contributed by atoms with Crippen molar-refractivity contribution in [2.75, 3.05) is 6.61 Å². The van der Waals surface area contributed by atoms with Crippen LogP contribution in [0.2, 0.25) is 0 Å². The van der Waals surface area contributed by atoms with Gasteiger partial charge in [-0.2, -0.15) is 0 Å². The van der Waals surface area contributed by atoms with Crippen LogP contribution in [0.3, 0.4) is 0 Å². The molecular formula is C12H13NO2. The van der Waals surface area contributed by atoms with Gasteiger partial charge < -0.3 is 10.4 Å². The van der Waals surface area contributed by atoms with E-state index in [2.05, 4.69) is 17.2 Å². The van der Waals surface area contributed by atoms with Gasteiger partial charge in [-0.25, -0.2) is 0 Å². The molecule has 0 bridgehead atoms. The zero-order valence-corrected chi connectivity index (χ0v) is 8.53. The molecule has 0 aliphatic rings. The number of hydrogen-bond donors (Lipinski definition) is 2. The van der Waals surface area contributed by atoms with Crippen LogP contribution in [0.15, 0.2) is 30.3 Å². The molecule has 78 valence electrons. The Morgan fingerprint density at radius 1 is 1.47 bits per heavy atom. The van der Waals surface area contributed by atoms with E-state index in [-0.39, 0.29) is 12.5 Å². The van der Waals surface area contributed by atoms with E-state index in [1.165, 1.54) is 0 Å². The third-order valence-corrected chi connectivity index (χ3v) is 1.84. The Bertz CT molecular complexity index is 376. The van der Waals surface area contributed by atoms with E-state index in [0.29, 0.717) is 5.56 Å². The standard InChI is InChI=1S/C12H13NO2/c1-2-6-11(9-14)13-12(15)10-7-4-3-5-8-10/h3-5,7-8,11,14H,9H2,1H3,(H,13,15). The summed E-state index contributed by atoms with van der Waals surface area (Å²) >= 11 is 0. The van der Waals surface area contributed by atoms with Crippen molar-refractivity contribution in [2.24, 2.45) is 0 Å². The van der Waals surface area contributed by atoms with Gasteiger partial charge in [0.25, 0.3) is 5.91 Å². The summed E-state index contributed by atoms with van der Waals surface area (Å²) in [5, 5.41) is 11.6. The molecule has 2 N–H and O–H groups in total. The first kappa shape index (κ1) is 11.3. The molecule has 3 nitrogen and oxygen atoms in total. The van der Waals surface area contributed by atoms with Crippen LogP contribution in [0, 0.1) is 11.8 Å². The number of aliphatic hydroxyl groups is 1. The molecule has 0 saturated carbocycles. The molecule has 1 unspecified atom stereocenters. The quantitative estimate of drug-likeness (QED) is 0.714. The third-order valence-electron chi connectivity index (χ3n) is 1.84. The number of aliphatic hydroxyl groups excluding tert-OH is 1. The van der Waals surface area contributed by atoms with Crippen LogP contribution in [-0.2, 0) is 0 Å². The Balaban J connectivity index is 2.65. The van der Waals surface area contributed by atoms with Crippen LogP contribution >= 0.6 is 0 Å². The SMILES string of the molecule is CC#CC(CO)NC(=O)c1ccccc1. The largest absolute Gasteiger partial charge is 0.393 e. The maximum Gasteiger partial charge on any atom is 0.252 e. The summed E-state index contributed by atoms with van der Waals surface area (Å²) in [4.78, 5) is 11.6. The van der Waals surface area contributed by atoms with Crippen LogP contribution in [0.25, 0.3) is 0 Å². The average Bonchev–Trinajstić information content (AvgIpc) is 2.29. The predicted molar refractivity (Wildman–Crippen MR) is 58.2 cm³/mol. The lowest BCUT2D eigenvalue weighted by molar-refractivity contribution is 0.0931. The molecule has 0 aromatic heterocycles. The number of amides is 1. The predicted octanol–water partition coefficient (Wildman–Crippen LogP) is 0.801. The second-order valence-corrected chi connectivity index (χ2v) is 2.97. The summed E-state index contributed by atoms with van der Waals surface area (Å²) in [5.74, 6) is 5.13. The van der Waals surface area contributed by atoms with Crippen LogP contribution in [-0.4, -0.2) is 23.7 Å². The number of carbonyl (C=O) groups is 1. The van der Waals surface area contributed by atoms with E-state index in [4.69, 9.17) is 5.11 Å². The van der Waals surface area contributed by atoms with Gasteiger partial charge in [0, 0.05) is 5.56 Å². The number of nitrogens with one attached hydrogen (secondary N) is 1. The highest BCUT2D eigenvalue weighted by molar-refractivity contribution is 5.94. The highest BCUT2D eigenvalue weighted by atomic mass is 16.3. The number of carbonyl (C=O) groups excluding carboxylic acids is 1. The van der Waals surface area contributed by atoms with E-state index < -0.39 is 6.04 Å². The molecule has 0 spiro atoms. The van der Waals surface area contributed by atoms with Crippen molar-refractivity contribution in [3.05, 3.63) is 35.9 Å². The van der Waals surface area contributed by atoms with Crippen molar-refractivity contribution >= 4 is 5.91 Å². The minimum absolute atomic E-state index is 0.181. The smallest absolute Gasteiger partial charge is 0.252 e. The zero-order valence-electron chi connectivity index (χ0n) is 8.53. The maximum atomic E-state index is 11.6. The van der Waals surface area contributed by atoms with Crippen molar-refractivity contribution in [3.8, 4) is 11.8 Å². The monoisotopic (exact) mass is 203 g/mol. The van der Waals surface area contributed by atoms with Gasteiger partial charge in [0.15, 0.2) is 0 Å². The molecule has 1 atom stereocenters. The van der Waals surface area contributed by atoms with E-state index in [1.807, 2.05) is 6.07 Å². The molecule has 1 aromatic rings. The molecular weight excluding hydrogens is 190 g/mol. The van der Waals surface area contributed by atoms with E-state index >= 15 is 0 Å². The minimum Gasteiger partial charge on any atom is -0.393 e.